The second kappa shape index (κ2) is 9.46. The van der Waals surface area contributed by atoms with Crippen molar-refractivity contribution in [1.82, 2.24) is 4.90 Å². The number of carbonyl (C=O) groups excluding carboxylic acids is 2. The van der Waals surface area contributed by atoms with Crippen LogP contribution in [0.3, 0.4) is 0 Å². The van der Waals surface area contributed by atoms with Crippen molar-refractivity contribution < 1.29 is 14.3 Å². The van der Waals surface area contributed by atoms with Gasteiger partial charge in [-0.25, -0.2) is 0 Å². The van der Waals surface area contributed by atoms with Gasteiger partial charge < -0.3 is 20.3 Å². The molecule has 0 aromatic heterocycles. The molecule has 0 aliphatic rings. The zero-order valence-corrected chi connectivity index (χ0v) is 15.4. The molecule has 6 heteroatoms. The van der Waals surface area contributed by atoms with Crippen molar-refractivity contribution in [1.29, 1.82) is 0 Å². The number of hydrogen-bond acceptors (Lipinski definition) is 4. The maximum atomic E-state index is 12.4. The maximum absolute atomic E-state index is 12.4. The molecule has 0 aliphatic heterocycles. The Balaban J connectivity index is 1.93. The third kappa shape index (κ3) is 5.24. The first-order valence-corrected chi connectivity index (χ1v) is 8.64. The zero-order chi connectivity index (χ0) is 18.9. The molecular formula is C20H25N3O3. The monoisotopic (exact) mass is 355 g/mol. The van der Waals surface area contributed by atoms with Gasteiger partial charge in [0.05, 0.1) is 13.7 Å². The van der Waals surface area contributed by atoms with E-state index in [9.17, 15) is 9.59 Å². The number of anilines is 2. The Hall–Kier alpha value is -3.02. The molecule has 0 atom stereocenters. The predicted octanol–water partition coefficient (Wildman–Crippen LogP) is 3.23. The lowest BCUT2D eigenvalue weighted by Gasteiger charge is -2.19. The summed E-state index contributed by atoms with van der Waals surface area (Å²) in [7, 11) is 1.59. The summed E-state index contributed by atoms with van der Waals surface area (Å²) in [5.74, 6) is 0.549. The average molecular weight is 355 g/mol. The van der Waals surface area contributed by atoms with Crippen molar-refractivity contribution in [3.63, 3.8) is 0 Å². The Morgan fingerprint density at radius 2 is 1.69 bits per heavy atom. The molecule has 26 heavy (non-hydrogen) atoms. The average Bonchev–Trinajstić information content (AvgIpc) is 2.68. The number of methoxy groups -OCH3 is 1. The molecule has 2 amide bonds. The summed E-state index contributed by atoms with van der Waals surface area (Å²) in [5.41, 5.74) is 2.03. The number of hydrogen-bond donors (Lipinski definition) is 2. The van der Waals surface area contributed by atoms with Crippen LogP contribution >= 0.6 is 0 Å². The fourth-order valence-electron chi connectivity index (χ4n) is 2.52. The molecule has 2 N–H and O–H groups in total. The molecule has 0 heterocycles. The van der Waals surface area contributed by atoms with Crippen LogP contribution in [0, 0.1) is 0 Å². The SMILES string of the molecule is CCN(CC)C(=O)c1cccc(NCC(=O)Nc2ccc(OC)cc2)c1. The van der Waals surface area contributed by atoms with Gasteiger partial charge in [0, 0.05) is 30.0 Å². The molecule has 0 unspecified atom stereocenters. The normalized spacial score (nSPS) is 10.1. The van der Waals surface area contributed by atoms with Gasteiger partial charge in [0.1, 0.15) is 5.75 Å². The Labute approximate surface area is 154 Å². The van der Waals surface area contributed by atoms with Crippen LogP contribution in [0.4, 0.5) is 11.4 Å². The number of rotatable bonds is 8. The van der Waals surface area contributed by atoms with Crippen LogP contribution in [0.1, 0.15) is 24.2 Å². The van der Waals surface area contributed by atoms with Gasteiger partial charge in [-0.2, -0.15) is 0 Å². The van der Waals surface area contributed by atoms with Crippen LogP contribution in [-0.4, -0.2) is 43.5 Å². The van der Waals surface area contributed by atoms with Crippen LogP contribution in [-0.2, 0) is 4.79 Å². The van der Waals surface area contributed by atoms with E-state index in [1.807, 2.05) is 19.9 Å². The summed E-state index contributed by atoms with van der Waals surface area (Å²) in [6, 6.07) is 14.3. The van der Waals surface area contributed by atoms with Crippen molar-refractivity contribution in [3.05, 3.63) is 54.1 Å². The van der Waals surface area contributed by atoms with E-state index in [0.717, 1.165) is 11.4 Å². The number of carbonyl (C=O) groups is 2. The second-order valence-corrected chi connectivity index (χ2v) is 5.69. The van der Waals surface area contributed by atoms with Crippen LogP contribution < -0.4 is 15.4 Å². The largest absolute Gasteiger partial charge is 0.497 e. The molecule has 0 spiro atoms. The van der Waals surface area contributed by atoms with Crippen molar-refractivity contribution in [2.45, 2.75) is 13.8 Å². The maximum Gasteiger partial charge on any atom is 0.253 e. The lowest BCUT2D eigenvalue weighted by Crippen LogP contribution is -2.30. The Kier molecular flexibility index (Phi) is 7.02. The van der Waals surface area contributed by atoms with E-state index in [2.05, 4.69) is 10.6 Å². The van der Waals surface area contributed by atoms with Crippen molar-refractivity contribution >= 4 is 23.2 Å². The van der Waals surface area contributed by atoms with Gasteiger partial charge in [0.15, 0.2) is 0 Å². The first-order chi connectivity index (χ1) is 12.6. The van der Waals surface area contributed by atoms with Gasteiger partial charge in [0.25, 0.3) is 5.91 Å². The minimum absolute atomic E-state index is 0.0127. The van der Waals surface area contributed by atoms with E-state index in [1.165, 1.54) is 0 Å². The lowest BCUT2D eigenvalue weighted by atomic mass is 10.1. The summed E-state index contributed by atoms with van der Waals surface area (Å²) in [5, 5.41) is 5.86. The standard InChI is InChI=1S/C20H25N3O3/c1-4-23(5-2)20(25)15-7-6-8-17(13-15)21-14-19(24)22-16-9-11-18(26-3)12-10-16/h6-13,21H,4-5,14H2,1-3H3,(H,22,24). The molecule has 0 aliphatic carbocycles. The van der Waals surface area contributed by atoms with E-state index in [1.54, 1.807) is 54.5 Å². The highest BCUT2D eigenvalue weighted by molar-refractivity contribution is 5.96. The minimum Gasteiger partial charge on any atom is -0.497 e. The van der Waals surface area contributed by atoms with Gasteiger partial charge in [0.2, 0.25) is 5.91 Å². The summed E-state index contributed by atoms with van der Waals surface area (Å²) in [6.07, 6.45) is 0. The molecule has 6 nitrogen and oxygen atoms in total. The molecule has 0 saturated carbocycles. The van der Waals surface area contributed by atoms with Crippen LogP contribution in [0.25, 0.3) is 0 Å². The number of amides is 2. The Morgan fingerprint density at radius 3 is 2.31 bits per heavy atom. The minimum atomic E-state index is -0.171. The Bertz CT molecular complexity index is 740. The Morgan fingerprint density at radius 1 is 1.00 bits per heavy atom. The fourth-order valence-corrected chi connectivity index (χ4v) is 2.52. The molecule has 2 rings (SSSR count). The fraction of sp³-hybridized carbons (Fsp3) is 0.300. The smallest absolute Gasteiger partial charge is 0.253 e. The van der Waals surface area contributed by atoms with E-state index in [0.29, 0.717) is 24.3 Å². The summed E-state index contributed by atoms with van der Waals surface area (Å²) < 4.78 is 5.09. The number of nitrogens with one attached hydrogen (secondary N) is 2. The van der Waals surface area contributed by atoms with Gasteiger partial charge in [-0.15, -0.1) is 0 Å². The quantitative estimate of drug-likeness (QED) is 0.763. The van der Waals surface area contributed by atoms with Crippen LogP contribution in [0.5, 0.6) is 5.75 Å². The van der Waals surface area contributed by atoms with E-state index >= 15 is 0 Å². The second-order valence-electron chi connectivity index (χ2n) is 5.69. The van der Waals surface area contributed by atoms with Crippen LogP contribution in [0.15, 0.2) is 48.5 Å². The molecule has 138 valence electrons. The first-order valence-electron chi connectivity index (χ1n) is 8.64. The number of benzene rings is 2. The van der Waals surface area contributed by atoms with Gasteiger partial charge >= 0.3 is 0 Å². The predicted molar refractivity (Wildman–Crippen MR) is 104 cm³/mol. The van der Waals surface area contributed by atoms with Gasteiger partial charge in [-0.3, -0.25) is 9.59 Å². The molecule has 2 aromatic carbocycles. The molecule has 0 radical (unpaired) electrons. The topological polar surface area (TPSA) is 70.7 Å². The van der Waals surface area contributed by atoms with Crippen molar-refractivity contribution in [3.8, 4) is 5.75 Å². The highest BCUT2D eigenvalue weighted by atomic mass is 16.5. The lowest BCUT2D eigenvalue weighted by molar-refractivity contribution is -0.114. The highest BCUT2D eigenvalue weighted by Crippen LogP contribution is 2.15. The van der Waals surface area contributed by atoms with E-state index < -0.39 is 0 Å². The third-order valence-corrected chi connectivity index (χ3v) is 3.99. The molecular weight excluding hydrogens is 330 g/mol. The summed E-state index contributed by atoms with van der Waals surface area (Å²) in [6.45, 7) is 5.34. The number of nitrogens with zero attached hydrogens (tertiary/aromatic N) is 1. The summed E-state index contributed by atoms with van der Waals surface area (Å²) in [4.78, 5) is 26.2. The van der Waals surface area contributed by atoms with Gasteiger partial charge in [-0.1, -0.05) is 6.07 Å². The molecule has 0 fully saturated rings. The zero-order valence-electron chi connectivity index (χ0n) is 15.4. The summed E-state index contributed by atoms with van der Waals surface area (Å²) >= 11 is 0. The molecule has 0 bridgehead atoms. The van der Waals surface area contributed by atoms with Crippen molar-refractivity contribution in [2.75, 3.05) is 37.4 Å². The molecule has 0 saturated heterocycles. The first kappa shape index (κ1) is 19.3. The van der Waals surface area contributed by atoms with Crippen LogP contribution in [0.2, 0.25) is 0 Å². The number of ether oxygens (including phenoxy) is 1. The van der Waals surface area contributed by atoms with Crippen molar-refractivity contribution in [2.24, 2.45) is 0 Å². The highest BCUT2D eigenvalue weighted by Gasteiger charge is 2.12. The molecule has 2 aromatic rings. The third-order valence-electron chi connectivity index (χ3n) is 3.99. The van der Waals surface area contributed by atoms with E-state index in [-0.39, 0.29) is 18.4 Å². The van der Waals surface area contributed by atoms with E-state index in [4.69, 9.17) is 4.74 Å². The van der Waals surface area contributed by atoms with Gasteiger partial charge in [-0.05, 0) is 56.3 Å².